The first-order valence-corrected chi connectivity index (χ1v) is 17.9. The fourth-order valence-corrected chi connectivity index (χ4v) is 8.65. The SMILES string of the molecule is C=C1C(=C)C2CCC1c1c2c2cc3nc(cc4[nH]c(cc5nc(cc1[nH]2)C(C)=C5CCCC)c(CC)c4CC)C(CCCC)=C3C. The molecule has 4 nitrogen and oxygen atoms in total. The van der Waals surface area contributed by atoms with Gasteiger partial charge in [-0.15, -0.1) is 0 Å². The molecule has 0 aromatic carbocycles. The Balaban J connectivity index is 1.63. The molecule has 3 aromatic rings. The molecule has 238 valence electrons. The Kier molecular flexibility index (Phi) is 8.03. The molecule has 2 N–H and O–H groups in total. The lowest BCUT2D eigenvalue weighted by molar-refractivity contribution is 0.519. The number of allylic oxidation sites excluding steroid dienone is 6. The Hall–Kier alpha value is -3.92. The summed E-state index contributed by atoms with van der Waals surface area (Å²) in [4.78, 5) is 18.6. The third kappa shape index (κ3) is 4.79. The Morgan fingerprint density at radius 1 is 0.609 bits per heavy atom. The summed E-state index contributed by atoms with van der Waals surface area (Å²) in [5.74, 6) is 0.601. The molecule has 0 amide bonds. The maximum Gasteiger partial charge on any atom is 0.0693 e. The molecule has 0 saturated heterocycles. The van der Waals surface area contributed by atoms with Gasteiger partial charge in [0.1, 0.15) is 0 Å². The molecule has 5 heterocycles. The number of hydrogen-bond acceptors (Lipinski definition) is 2. The second-order valence-corrected chi connectivity index (χ2v) is 13.9. The van der Waals surface area contributed by atoms with Crippen LogP contribution in [-0.2, 0) is 12.8 Å². The van der Waals surface area contributed by atoms with Crippen molar-refractivity contribution in [2.45, 2.75) is 118 Å². The molecule has 10 bridgehead atoms. The van der Waals surface area contributed by atoms with Crippen LogP contribution in [0.2, 0.25) is 0 Å². The van der Waals surface area contributed by atoms with Gasteiger partial charge in [-0.3, -0.25) is 0 Å². The maximum absolute atomic E-state index is 5.38. The van der Waals surface area contributed by atoms with Gasteiger partial charge in [-0.25, -0.2) is 9.97 Å². The van der Waals surface area contributed by atoms with Gasteiger partial charge in [0.15, 0.2) is 0 Å². The second kappa shape index (κ2) is 12.0. The molecular weight excluding hydrogens is 560 g/mol. The van der Waals surface area contributed by atoms with Crippen LogP contribution in [0.3, 0.4) is 0 Å². The minimum absolute atomic E-state index is 0.300. The van der Waals surface area contributed by atoms with Crippen molar-refractivity contribution in [1.29, 1.82) is 0 Å². The molecule has 46 heavy (non-hydrogen) atoms. The van der Waals surface area contributed by atoms with Crippen LogP contribution in [0.1, 0.15) is 150 Å². The van der Waals surface area contributed by atoms with Crippen LogP contribution in [0.4, 0.5) is 0 Å². The highest BCUT2D eigenvalue weighted by atomic mass is 14.8. The molecule has 4 heteroatoms. The molecule has 5 aliphatic rings. The first-order valence-electron chi connectivity index (χ1n) is 17.9. The number of nitrogens with one attached hydrogen (secondary N) is 2. The van der Waals surface area contributed by atoms with Crippen molar-refractivity contribution < 1.29 is 0 Å². The Bertz CT molecular complexity index is 1870. The van der Waals surface area contributed by atoms with Gasteiger partial charge in [0.05, 0.1) is 22.8 Å². The lowest BCUT2D eigenvalue weighted by atomic mass is 9.63. The number of aryl methyl sites for hydroxylation is 2. The molecule has 2 atom stereocenters. The van der Waals surface area contributed by atoms with E-state index in [4.69, 9.17) is 9.97 Å². The van der Waals surface area contributed by atoms with Crippen molar-refractivity contribution >= 4 is 44.4 Å². The van der Waals surface area contributed by atoms with Crippen LogP contribution >= 0.6 is 0 Å². The third-order valence-electron chi connectivity index (χ3n) is 11.3. The van der Waals surface area contributed by atoms with E-state index in [9.17, 15) is 0 Å². The fourth-order valence-electron chi connectivity index (χ4n) is 8.65. The zero-order valence-electron chi connectivity index (χ0n) is 28.8. The van der Waals surface area contributed by atoms with Gasteiger partial charge in [-0.1, -0.05) is 53.7 Å². The molecule has 0 spiro atoms. The number of aromatic amines is 2. The average Bonchev–Trinajstić information content (AvgIpc) is 3.75. The summed E-state index contributed by atoms with van der Waals surface area (Å²) in [5, 5.41) is 0. The van der Waals surface area contributed by atoms with E-state index in [1.54, 1.807) is 0 Å². The van der Waals surface area contributed by atoms with Crippen LogP contribution in [0, 0.1) is 0 Å². The summed E-state index contributed by atoms with van der Waals surface area (Å²) < 4.78 is 0. The van der Waals surface area contributed by atoms with E-state index in [0.717, 1.165) is 87.0 Å². The lowest BCUT2D eigenvalue weighted by Crippen LogP contribution is -2.24. The van der Waals surface area contributed by atoms with Crippen LogP contribution in [0.15, 0.2) is 48.6 Å². The highest BCUT2D eigenvalue weighted by molar-refractivity contribution is 5.95. The molecule has 2 unspecified atom stereocenters. The molecule has 1 saturated carbocycles. The third-order valence-corrected chi connectivity index (χ3v) is 11.3. The van der Waals surface area contributed by atoms with E-state index in [1.165, 1.54) is 77.8 Å². The topological polar surface area (TPSA) is 57.4 Å². The highest BCUT2D eigenvalue weighted by Crippen LogP contribution is 2.56. The summed E-state index contributed by atoms with van der Waals surface area (Å²) in [6.07, 6.45) is 10.9. The van der Waals surface area contributed by atoms with Crippen molar-refractivity contribution in [3.05, 3.63) is 93.6 Å². The molecule has 2 aliphatic heterocycles. The van der Waals surface area contributed by atoms with E-state index < -0.39 is 0 Å². The summed E-state index contributed by atoms with van der Waals surface area (Å²) >= 11 is 0. The van der Waals surface area contributed by atoms with E-state index in [1.807, 2.05) is 0 Å². The van der Waals surface area contributed by atoms with E-state index in [2.05, 4.69) is 88.9 Å². The smallest absolute Gasteiger partial charge is 0.0693 e. The molecule has 3 aromatic heterocycles. The van der Waals surface area contributed by atoms with Gasteiger partial charge in [-0.05, 0) is 145 Å². The summed E-state index contributed by atoms with van der Waals surface area (Å²) in [7, 11) is 0. The first kappa shape index (κ1) is 30.7. The van der Waals surface area contributed by atoms with Gasteiger partial charge < -0.3 is 9.97 Å². The number of aromatic nitrogens is 4. The molecule has 1 fully saturated rings. The van der Waals surface area contributed by atoms with Crippen molar-refractivity contribution in [3.63, 3.8) is 0 Å². The van der Waals surface area contributed by atoms with Gasteiger partial charge in [0, 0.05) is 33.9 Å². The monoisotopic (exact) mass is 610 g/mol. The Morgan fingerprint density at radius 2 is 1.00 bits per heavy atom. The Morgan fingerprint density at radius 3 is 1.39 bits per heavy atom. The van der Waals surface area contributed by atoms with Crippen molar-refractivity contribution in [2.24, 2.45) is 0 Å². The predicted molar refractivity (Wildman–Crippen MR) is 197 cm³/mol. The lowest BCUT2D eigenvalue weighted by Gasteiger charge is -2.40. The standard InChI is InChI=1S/C42H50N4/c1-9-13-15-29-25(7)33-19-39-41-31-17-18-32(24(6)23(31)5)42(41)40(46-39)20-34-26(8)30(16-14-10-2)38(44-34)22-36-28(12-4)27(11-3)35(45-36)21-37(29)43-33/h19-22,31-32,45-46H,5-6,9-18H2,1-4,7-8H3. The summed E-state index contributed by atoms with van der Waals surface area (Å²) in [6, 6.07) is 9.33. The van der Waals surface area contributed by atoms with Gasteiger partial charge in [0.2, 0.25) is 0 Å². The highest BCUT2D eigenvalue weighted by Gasteiger charge is 2.41. The number of rotatable bonds is 8. The van der Waals surface area contributed by atoms with Gasteiger partial charge in [-0.2, -0.15) is 0 Å². The van der Waals surface area contributed by atoms with Crippen LogP contribution < -0.4 is 0 Å². The van der Waals surface area contributed by atoms with Crippen molar-refractivity contribution in [1.82, 2.24) is 19.9 Å². The van der Waals surface area contributed by atoms with Crippen molar-refractivity contribution in [3.8, 4) is 0 Å². The summed E-state index contributed by atoms with van der Waals surface area (Å²) in [6.45, 7) is 22.7. The minimum atomic E-state index is 0.300. The number of fused-ring (bicyclic) bond motifs is 10. The van der Waals surface area contributed by atoms with E-state index in [-0.39, 0.29) is 0 Å². The first-order chi connectivity index (χ1) is 22.3. The zero-order chi connectivity index (χ0) is 32.3. The molecular formula is C42H50N4. The molecule has 3 aliphatic carbocycles. The normalized spacial score (nSPS) is 19.1. The Labute approximate surface area is 274 Å². The van der Waals surface area contributed by atoms with Gasteiger partial charge in [0.25, 0.3) is 0 Å². The quantitative estimate of drug-likeness (QED) is 0.266. The fraction of sp³-hybridized carbons (Fsp3) is 0.429. The second-order valence-electron chi connectivity index (χ2n) is 13.9. The summed E-state index contributed by atoms with van der Waals surface area (Å²) in [5.41, 5.74) is 22.5. The van der Waals surface area contributed by atoms with Crippen LogP contribution in [0.5, 0.6) is 0 Å². The average molecular weight is 611 g/mol. The number of unbranched alkanes of at least 4 members (excludes halogenated alkanes) is 2. The maximum atomic E-state index is 5.38. The minimum Gasteiger partial charge on any atom is -0.355 e. The van der Waals surface area contributed by atoms with E-state index >= 15 is 0 Å². The number of nitrogens with zero attached hydrogens (tertiary/aromatic N) is 2. The molecule has 0 radical (unpaired) electrons. The van der Waals surface area contributed by atoms with Crippen molar-refractivity contribution in [2.75, 3.05) is 0 Å². The van der Waals surface area contributed by atoms with Gasteiger partial charge >= 0.3 is 0 Å². The van der Waals surface area contributed by atoms with E-state index in [0.29, 0.717) is 11.8 Å². The van der Waals surface area contributed by atoms with Crippen LogP contribution in [-0.4, -0.2) is 19.9 Å². The molecule has 8 rings (SSSR count). The largest absolute Gasteiger partial charge is 0.355 e. The predicted octanol–water partition coefficient (Wildman–Crippen LogP) is 11.8. The van der Waals surface area contributed by atoms with Crippen LogP contribution in [0.25, 0.3) is 44.4 Å². The number of hydrogen-bond donors (Lipinski definition) is 2. The number of H-pyrrole nitrogens is 2. The zero-order valence-corrected chi connectivity index (χ0v) is 28.8.